The molecule has 4 aromatic rings. The number of pyridine rings is 1. The largest absolute Gasteiger partial charge is 0.348 e. The van der Waals surface area contributed by atoms with Gasteiger partial charge in [0.25, 0.3) is 11.5 Å². The van der Waals surface area contributed by atoms with Crippen molar-refractivity contribution in [2.24, 2.45) is 0 Å². The van der Waals surface area contributed by atoms with E-state index in [0.29, 0.717) is 11.1 Å². The summed E-state index contributed by atoms with van der Waals surface area (Å²) >= 11 is 0. The lowest BCUT2D eigenvalue weighted by Crippen LogP contribution is -2.28. The van der Waals surface area contributed by atoms with Gasteiger partial charge in [-0.05, 0) is 99.2 Å². The maximum Gasteiger partial charge on any atom is 0.253 e. The predicted octanol–water partition coefficient (Wildman–Crippen LogP) is 5.17. The zero-order valence-electron chi connectivity index (χ0n) is 21.7. The second-order valence-electron chi connectivity index (χ2n) is 10.2. The number of benzene rings is 2. The summed E-state index contributed by atoms with van der Waals surface area (Å²) in [6.45, 7) is 13.2. The molecule has 3 heterocycles. The minimum absolute atomic E-state index is 0.163. The van der Waals surface area contributed by atoms with Crippen molar-refractivity contribution in [2.75, 3.05) is 5.43 Å². The Balaban J connectivity index is 1.62. The van der Waals surface area contributed by atoms with Crippen LogP contribution in [0.3, 0.4) is 0 Å². The van der Waals surface area contributed by atoms with E-state index < -0.39 is 0 Å². The van der Waals surface area contributed by atoms with Crippen LogP contribution in [0, 0.1) is 27.7 Å². The molecule has 0 radical (unpaired) electrons. The zero-order chi connectivity index (χ0) is 25.7. The lowest BCUT2D eigenvalue weighted by atomic mass is 9.93. The van der Waals surface area contributed by atoms with Crippen LogP contribution in [0.25, 0.3) is 22.0 Å². The molecule has 7 heteroatoms. The number of carbonyl (C=O) groups excluding carboxylic acids is 1. The SMILES string of the molecule is Cc1cc(C)c(CNC(=O)c2cc(-c3cc4c(cc3C)CNN4)cc3c2c(C)cn3C(C)C)c(=O)[nH]1. The third-order valence-electron chi connectivity index (χ3n) is 7.11. The van der Waals surface area contributed by atoms with Crippen molar-refractivity contribution in [3.8, 4) is 11.1 Å². The van der Waals surface area contributed by atoms with Crippen molar-refractivity contribution < 1.29 is 4.79 Å². The van der Waals surface area contributed by atoms with Gasteiger partial charge in [-0.2, -0.15) is 0 Å². The third kappa shape index (κ3) is 4.09. The summed E-state index contributed by atoms with van der Waals surface area (Å²) in [6.07, 6.45) is 2.12. The molecule has 2 aromatic heterocycles. The molecule has 1 aliphatic rings. The number of aromatic nitrogens is 2. The maximum atomic E-state index is 13.7. The highest BCUT2D eigenvalue weighted by atomic mass is 16.1. The number of hydrogen-bond acceptors (Lipinski definition) is 4. The highest BCUT2D eigenvalue weighted by Crippen LogP contribution is 2.36. The molecule has 1 aliphatic heterocycles. The van der Waals surface area contributed by atoms with Gasteiger partial charge >= 0.3 is 0 Å². The smallest absolute Gasteiger partial charge is 0.253 e. The molecule has 0 saturated heterocycles. The van der Waals surface area contributed by atoms with Crippen molar-refractivity contribution in [1.82, 2.24) is 20.3 Å². The first kappa shape index (κ1) is 23.9. The van der Waals surface area contributed by atoms with Crippen molar-refractivity contribution >= 4 is 22.5 Å². The Hall–Kier alpha value is -3.84. The normalized spacial score (nSPS) is 12.8. The van der Waals surface area contributed by atoms with E-state index in [0.717, 1.165) is 56.6 Å². The number of H-pyrrole nitrogens is 1. The molecular formula is C29H33N5O2. The van der Waals surface area contributed by atoms with Gasteiger partial charge in [-0.3, -0.25) is 9.59 Å². The maximum absolute atomic E-state index is 13.7. The van der Waals surface area contributed by atoms with Crippen LogP contribution in [0.1, 0.15) is 63.8 Å². The van der Waals surface area contributed by atoms with Crippen LogP contribution in [0.4, 0.5) is 5.69 Å². The average molecular weight is 484 g/mol. The minimum Gasteiger partial charge on any atom is -0.348 e. The summed E-state index contributed by atoms with van der Waals surface area (Å²) < 4.78 is 2.22. The summed E-state index contributed by atoms with van der Waals surface area (Å²) in [7, 11) is 0. The Kier molecular flexibility index (Phi) is 5.96. The summed E-state index contributed by atoms with van der Waals surface area (Å²) in [5.41, 5.74) is 16.7. The van der Waals surface area contributed by atoms with Crippen molar-refractivity contribution in [3.05, 3.63) is 86.0 Å². The zero-order valence-corrected chi connectivity index (χ0v) is 21.7. The van der Waals surface area contributed by atoms with Gasteiger partial charge in [0.2, 0.25) is 0 Å². The van der Waals surface area contributed by atoms with E-state index in [-0.39, 0.29) is 24.1 Å². The number of fused-ring (bicyclic) bond motifs is 2. The Morgan fingerprint density at radius 3 is 2.53 bits per heavy atom. The first-order valence-corrected chi connectivity index (χ1v) is 12.4. The van der Waals surface area contributed by atoms with Gasteiger partial charge in [-0.15, -0.1) is 0 Å². The Bertz CT molecular complexity index is 1580. The second-order valence-corrected chi connectivity index (χ2v) is 10.2. The molecule has 0 saturated carbocycles. The number of aryl methyl sites for hydroxylation is 4. The number of rotatable bonds is 5. The second kappa shape index (κ2) is 8.99. The van der Waals surface area contributed by atoms with Gasteiger partial charge in [0, 0.05) is 53.1 Å². The number of aromatic amines is 1. The summed E-state index contributed by atoms with van der Waals surface area (Å²) in [5.74, 6) is -0.190. The summed E-state index contributed by atoms with van der Waals surface area (Å²) in [6, 6.07) is 10.7. The van der Waals surface area contributed by atoms with E-state index >= 15 is 0 Å². The number of hydrogen-bond donors (Lipinski definition) is 4. The topological polar surface area (TPSA) is 90.9 Å². The molecule has 1 amide bonds. The molecular weight excluding hydrogens is 450 g/mol. The highest BCUT2D eigenvalue weighted by Gasteiger charge is 2.21. The quantitative estimate of drug-likeness (QED) is 0.315. The van der Waals surface area contributed by atoms with Crippen LogP contribution in [-0.2, 0) is 13.1 Å². The van der Waals surface area contributed by atoms with E-state index in [1.807, 2.05) is 32.9 Å². The number of hydrazine groups is 1. The summed E-state index contributed by atoms with van der Waals surface area (Å²) in [4.78, 5) is 29.0. The highest BCUT2D eigenvalue weighted by molar-refractivity contribution is 6.09. The van der Waals surface area contributed by atoms with Crippen molar-refractivity contribution in [2.45, 2.75) is 60.7 Å². The van der Waals surface area contributed by atoms with Crippen LogP contribution in [-0.4, -0.2) is 15.5 Å². The standard InChI is InChI=1S/C29H33N5O2/c1-15(2)34-14-18(5)27-23(28(35)30-13-24-16(3)7-19(6)32-29(24)36)9-20(10-26(27)34)22-11-25-21(8-17(22)4)12-31-33-25/h7-11,14-15,31,33H,12-13H2,1-6H3,(H,30,35)(H,32,36). The molecule has 0 fully saturated rings. The molecule has 4 N–H and O–H groups in total. The molecule has 5 rings (SSSR count). The van der Waals surface area contributed by atoms with E-state index in [4.69, 9.17) is 0 Å². The predicted molar refractivity (Wildman–Crippen MR) is 145 cm³/mol. The van der Waals surface area contributed by atoms with Crippen LogP contribution < -0.4 is 21.7 Å². The van der Waals surface area contributed by atoms with Crippen molar-refractivity contribution in [3.63, 3.8) is 0 Å². The number of amides is 1. The molecule has 7 nitrogen and oxygen atoms in total. The lowest BCUT2D eigenvalue weighted by Gasteiger charge is -2.15. The molecule has 0 bridgehead atoms. The Labute approximate surface area is 210 Å². The van der Waals surface area contributed by atoms with Crippen molar-refractivity contribution in [1.29, 1.82) is 0 Å². The molecule has 0 spiro atoms. The molecule has 0 aliphatic carbocycles. The number of nitrogens with zero attached hydrogens (tertiary/aromatic N) is 1. The van der Waals surface area contributed by atoms with Gasteiger partial charge in [0.05, 0.1) is 5.69 Å². The number of anilines is 1. The molecule has 2 aromatic carbocycles. The van der Waals surface area contributed by atoms with Gasteiger partial charge < -0.3 is 20.3 Å². The van der Waals surface area contributed by atoms with Crippen LogP contribution >= 0.6 is 0 Å². The molecule has 36 heavy (non-hydrogen) atoms. The first-order valence-electron chi connectivity index (χ1n) is 12.4. The first-order chi connectivity index (χ1) is 17.1. The van der Waals surface area contributed by atoms with E-state index in [1.54, 1.807) is 0 Å². The average Bonchev–Trinajstić information content (AvgIpc) is 3.40. The Morgan fingerprint density at radius 1 is 1.03 bits per heavy atom. The number of carbonyl (C=O) groups is 1. The fourth-order valence-corrected chi connectivity index (χ4v) is 5.29. The molecule has 0 atom stereocenters. The van der Waals surface area contributed by atoms with E-state index in [9.17, 15) is 9.59 Å². The minimum atomic E-state index is -0.190. The van der Waals surface area contributed by atoms with Gasteiger partial charge in [-0.25, -0.2) is 5.43 Å². The summed E-state index contributed by atoms with van der Waals surface area (Å²) in [5, 5.41) is 3.96. The van der Waals surface area contributed by atoms with Crippen LogP contribution in [0.2, 0.25) is 0 Å². The Morgan fingerprint density at radius 2 is 1.81 bits per heavy atom. The number of nitrogens with one attached hydrogen (secondary N) is 4. The van der Waals surface area contributed by atoms with Crippen LogP contribution in [0.15, 0.2) is 41.3 Å². The van der Waals surface area contributed by atoms with Gasteiger partial charge in [-0.1, -0.05) is 6.07 Å². The molecule has 0 unspecified atom stereocenters. The third-order valence-corrected chi connectivity index (χ3v) is 7.11. The lowest BCUT2D eigenvalue weighted by molar-refractivity contribution is 0.0952. The van der Waals surface area contributed by atoms with Crippen LogP contribution in [0.5, 0.6) is 0 Å². The van der Waals surface area contributed by atoms with E-state index in [1.165, 1.54) is 5.56 Å². The van der Waals surface area contributed by atoms with Gasteiger partial charge in [0.15, 0.2) is 0 Å². The fraction of sp³-hybridized carbons (Fsp3) is 0.310. The fourth-order valence-electron chi connectivity index (χ4n) is 5.29. The molecule has 186 valence electrons. The van der Waals surface area contributed by atoms with Gasteiger partial charge in [0.1, 0.15) is 0 Å². The monoisotopic (exact) mass is 483 g/mol. The van der Waals surface area contributed by atoms with E-state index in [2.05, 4.69) is 70.9 Å².